The standard InChI is InChI=1S/C7H13NO3/c1-2-3-4-6(9)5-7(10)11-8/h2-5,8H2,1H3. The fourth-order valence-electron chi connectivity index (χ4n) is 0.665. The lowest BCUT2D eigenvalue weighted by molar-refractivity contribution is -0.146. The minimum Gasteiger partial charge on any atom is -0.373 e. The first-order valence-corrected chi connectivity index (χ1v) is 3.62. The van der Waals surface area contributed by atoms with E-state index in [-0.39, 0.29) is 12.2 Å². The Morgan fingerprint density at radius 2 is 2.09 bits per heavy atom. The van der Waals surface area contributed by atoms with Gasteiger partial charge in [0.25, 0.3) is 0 Å². The van der Waals surface area contributed by atoms with Crippen molar-refractivity contribution in [1.29, 1.82) is 0 Å². The molecule has 4 heteroatoms. The van der Waals surface area contributed by atoms with Crippen LogP contribution in [-0.4, -0.2) is 11.8 Å². The molecule has 0 aliphatic heterocycles. The van der Waals surface area contributed by atoms with Crippen LogP contribution >= 0.6 is 0 Å². The van der Waals surface area contributed by atoms with Crippen LogP contribution in [0.25, 0.3) is 0 Å². The molecule has 0 saturated heterocycles. The second-order valence-electron chi connectivity index (χ2n) is 2.31. The number of rotatable bonds is 5. The van der Waals surface area contributed by atoms with Gasteiger partial charge in [0.05, 0.1) is 0 Å². The molecule has 0 aromatic heterocycles. The van der Waals surface area contributed by atoms with Crippen molar-refractivity contribution < 1.29 is 14.4 Å². The minimum atomic E-state index is -0.661. The van der Waals surface area contributed by atoms with E-state index in [4.69, 9.17) is 0 Å². The lowest BCUT2D eigenvalue weighted by atomic mass is 10.1. The van der Waals surface area contributed by atoms with Gasteiger partial charge in [-0.3, -0.25) is 4.79 Å². The second-order valence-corrected chi connectivity index (χ2v) is 2.31. The lowest BCUT2D eigenvalue weighted by Gasteiger charge is -1.96. The van der Waals surface area contributed by atoms with Crippen LogP contribution in [0.2, 0.25) is 0 Å². The topological polar surface area (TPSA) is 69.4 Å². The summed E-state index contributed by atoms with van der Waals surface area (Å²) in [5, 5.41) is 0. The van der Waals surface area contributed by atoms with E-state index in [0.29, 0.717) is 6.42 Å². The Labute approximate surface area is 65.7 Å². The fourth-order valence-corrected chi connectivity index (χ4v) is 0.665. The van der Waals surface area contributed by atoms with Crippen LogP contribution in [0.15, 0.2) is 0 Å². The van der Waals surface area contributed by atoms with E-state index in [2.05, 4.69) is 10.7 Å². The molecule has 0 radical (unpaired) electrons. The number of hydrogen-bond acceptors (Lipinski definition) is 4. The first-order valence-electron chi connectivity index (χ1n) is 3.62. The van der Waals surface area contributed by atoms with Gasteiger partial charge in [-0.25, -0.2) is 4.79 Å². The highest BCUT2D eigenvalue weighted by Crippen LogP contribution is 1.98. The highest BCUT2D eigenvalue weighted by molar-refractivity contribution is 5.95. The van der Waals surface area contributed by atoms with Gasteiger partial charge in [0, 0.05) is 6.42 Å². The van der Waals surface area contributed by atoms with Crippen molar-refractivity contribution in [3.05, 3.63) is 0 Å². The van der Waals surface area contributed by atoms with E-state index in [1.807, 2.05) is 6.92 Å². The van der Waals surface area contributed by atoms with Crippen LogP contribution in [0.4, 0.5) is 0 Å². The normalized spacial score (nSPS) is 9.27. The smallest absolute Gasteiger partial charge is 0.331 e. The van der Waals surface area contributed by atoms with E-state index in [9.17, 15) is 9.59 Å². The lowest BCUT2D eigenvalue weighted by Crippen LogP contribution is -2.14. The monoisotopic (exact) mass is 159 g/mol. The Kier molecular flexibility index (Phi) is 5.37. The Morgan fingerprint density at radius 3 is 2.55 bits per heavy atom. The first-order chi connectivity index (χ1) is 5.20. The summed E-state index contributed by atoms with van der Waals surface area (Å²) in [7, 11) is 0. The number of hydrogen-bond donors (Lipinski definition) is 1. The Balaban J connectivity index is 3.44. The third-order valence-electron chi connectivity index (χ3n) is 1.28. The van der Waals surface area contributed by atoms with Gasteiger partial charge in [0.15, 0.2) is 0 Å². The van der Waals surface area contributed by atoms with Gasteiger partial charge in [-0.15, -0.1) is 0 Å². The zero-order valence-corrected chi connectivity index (χ0v) is 6.63. The van der Waals surface area contributed by atoms with Gasteiger partial charge in [0.1, 0.15) is 12.2 Å². The summed E-state index contributed by atoms with van der Waals surface area (Å²) in [5.74, 6) is 3.78. The van der Waals surface area contributed by atoms with Crippen LogP contribution in [0, 0.1) is 0 Å². The average molecular weight is 159 g/mol. The predicted octanol–water partition coefficient (Wildman–Crippen LogP) is 0.553. The van der Waals surface area contributed by atoms with E-state index in [0.717, 1.165) is 12.8 Å². The van der Waals surface area contributed by atoms with E-state index in [1.165, 1.54) is 0 Å². The highest BCUT2D eigenvalue weighted by Gasteiger charge is 2.08. The van der Waals surface area contributed by atoms with Crippen LogP contribution in [-0.2, 0) is 14.4 Å². The number of carbonyl (C=O) groups excluding carboxylic acids is 2. The summed E-state index contributed by atoms with van der Waals surface area (Å²) in [6.07, 6.45) is 2.00. The third-order valence-corrected chi connectivity index (χ3v) is 1.28. The summed E-state index contributed by atoms with van der Waals surface area (Å²) in [5.41, 5.74) is 0. The predicted molar refractivity (Wildman–Crippen MR) is 39.4 cm³/mol. The van der Waals surface area contributed by atoms with Crippen molar-refractivity contribution in [2.75, 3.05) is 0 Å². The molecular weight excluding hydrogens is 146 g/mol. The molecular formula is C7H13NO3. The number of unbranched alkanes of at least 4 members (excludes halogenated alkanes) is 1. The maximum absolute atomic E-state index is 10.8. The molecule has 0 atom stereocenters. The van der Waals surface area contributed by atoms with Crippen molar-refractivity contribution in [1.82, 2.24) is 0 Å². The molecule has 0 aromatic rings. The van der Waals surface area contributed by atoms with E-state index >= 15 is 0 Å². The summed E-state index contributed by atoms with van der Waals surface area (Å²) in [6.45, 7) is 1.98. The molecule has 4 nitrogen and oxygen atoms in total. The molecule has 0 heterocycles. The molecule has 0 spiro atoms. The molecule has 0 aliphatic rings. The molecule has 0 saturated carbocycles. The quantitative estimate of drug-likeness (QED) is 0.470. The number of nitrogens with two attached hydrogens (primary N) is 1. The van der Waals surface area contributed by atoms with Crippen LogP contribution in [0.1, 0.15) is 32.6 Å². The largest absolute Gasteiger partial charge is 0.373 e. The van der Waals surface area contributed by atoms with E-state index in [1.54, 1.807) is 0 Å². The summed E-state index contributed by atoms with van der Waals surface area (Å²) in [4.78, 5) is 25.1. The maximum Gasteiger partial charge on any atom is 0.331 e. The third kappa shape index (κ3) is 5.54. The molecule has 0 amide bonds. The molecule has 2 N–H and O–H groups in total. The van der Waals surface area contributed by atoms with Crippen molar-refractivity contribution in [2.24, 2.45) is 5.90 Å². The number of Topliss-reactive ketones (excluding diaryl/α,β-unsaturated/α-hetero) is 1. The highest BCUT2D eigenvalue weighted by atomic mass is 16.7. The molecule has 0 unspecified atom stereocenters. The van der Waals surface area contributed by atoms with Gasteiger partial charge in [0.2, 0.25) is 0 Å². The molecule has 0 aromatic carbocycles. The van der Waals surface area contributed by atoms with Gasteiger partial charge < -0.3 is 4.84 Å². The zero-order valence-electron chi connectivity index (χ0n) is 6.63. The number of ketones is 1. The minimum absolute atomic E-state index is 0.109. The SMILES string of the molecule is CCCCC(=O)CC(=O)ON. The summed E-state index contributed by atoms with van der Waals surface area (Å²) >= 11 is 0. The van der Waals surface area contributed by atoms with Crippen molar-refractivity contribution >= 4 is 11.8 Å². The van der Waals surface area contributed by atoms with E-state index < -0.39 is 5.97 Å². The first kappa shape index (κ1) is 10.1. The molecule has 0 fully saturated rings. The van der Waals surface area contributed by atoms with Crippen molar-refractivity contribution in [2.45, 2.75) is 32.6 Å². The van der Waals surface area contributed by atoms with Crippen LogP contribution < -0.4 is 5.90 Å². The van der Waals surface area contributed by atoms with Crippen LogP contribution in [0.5, 0.6) is 0 Å². The second kappa shape index (κ2) is 5.85. The van der Waals surface area contributed by atoms with Gasteiger partial charge >= 0.3 is 5.97 Å². The molecule has 0 rings (SSSR count). The van der Waals surface area contributed by atoms with Crippen molar-refractivity contribution in [3.8, 4) is 0 Å². The molecule has 11 heavy (non-hydrogen) atoms. The maximum atomic E-state index is 10.8. The van der Waals surface area contributed by atoms with Crippen LogP contribution in [0.3, 0.4) is 0 Å². The van der Waals surface area contributed by atoms with Gasteiger partial charge in [-0.2, -0.15) is 5.90 Å². The Morgan fingerprint density at radius 1 is 1.45 bits per heavy atom. The summed E-state index contributed by atoms with van der Waals surface area (Å²) < 4.78 is 0. The fraction of sp³-hybridized carbons (Fsp3) is 0.714. The zero-order chi connectivity index (χ0) is 8.69. The molecule has 0 bridgehead atoms. The average Bonchev–Trinajstić information content (AvgIpc) is 2.00. The van der Waals surface area contributed by atoms with Gasteiger partial charge in [-0.1, -0.05) is 13.3 Å². The summed E-state index contributed by atoms with van der Waals surface area (Å²) in [6, 6.07) is 0. The molecule has 64 valence electrons. The Hall–Kier alpha value is -0.900. The van der Waals surface area contributed by atoms with Gasteiger partial charge in [-0.05, 0) is 6.42 Å². The van der Waals surface area contributed by atoms with Crippen molar-refractivity contribution in [3.63, 3.8) is 0 Å². The molecule has 0 aliphatic carbocycles. The Bertz CT molecular complexity index is 145. The number of carbonyl (C=O) groups is 2.